The number of nitrogens with zero attached hydrogens (tertiary/aromatic N) is 4. The molecule has 0 spiro atoms. The number of aryl methyl sites for hydroxylation is 1. The van der Waals surface area contributed by atoms with Gasteiger partial charge in [0.25, 0.3) is 5.88 Å². The number of pyridine rings is 1. The van der Waals surface area contributed by atoms with Crippen molar-refractivity contribution in [2.75, 3.05) is 25.5 Å². The van der Waals surface area contributed by atoms with Gasteiger partial charge in [-0.2, -0.15) is 0 Å². The molecule has 2 amide bonds. The molecule has 8 nitrogen and oxygen atoms in total. The predicted octanol–water partition coefficient (Wildman–Crippen LogP) is 2.35. The molecular weight excluding hydrogens is 334 g/mol. The molecule has 3 heterocycles. The Labute approximate surface area is 153 Å². The normalized spacial score (nSPS) is 17.2. The molecule has 2 aromatic rings. The number of urea groups is 1. The quantitative estimate of drug-likeness (QED) is 0.886. The zero-order valence-corrected chi connectivity index (χ0v) is 15.4. The minimum Gasteiger partial charge on any atom is -0.478 e. The molecule has 1 atom stereocenters. The maximum atomic E-state index is 12.7. The van der Waals surface area contributed by atoms with Crippen LogP contribution >= 0.6 is 0 Å². The molecule has 0 bridgehead atoms. The lowest BCUT2D eigenvalue weighted by molar-refractivity contribution is -0.000329. The van der Waals surface area contributed by atoms with E-state index in [1.165, 1.54) is 0 Å². The SMILES string of the molecule is COc1nn(C)c(C)c1NC(=O)N1CCC[C@@H](OCc2ccccn2)C1. The van der Waals surface area contributed by atoms with Crippen molar-refractivity contribution in [3.63, 3.8) is 0 Å². The molecule has 0 radical (unpaired) electrons. The van der Waals surface area contributed by atoms with Gasteiger partial charge in [0.05, 0.1) is 31.2 Å². The second-order valence-electron chi connectivity index (χ2n) is 6.37. The molecule has 1 fully saturated rings. The molecule has 0 unspecified atom stereocenters. The summed E-state index contributed by atoms with van der Waals surface area (Å²) in [6.45, 7) is 3.60. The lowest BCUT2D eigenvalue weighted by atomic mass is 10.1. The highest BCUT2D eigenvalue weighted by atomic mass is 16.5. The third-order valence-electron chi connectivity index (χ3n) is 4.59. The summed E-state index contributed by atoms with van der Waals surface area (Å²) in [6, 6.07) is 5.59. The van der Waals surface area contributed by atoms with Gasteiger partial charge in [-0.15, -0.1) is 5.10 Å². The number of nitrogens with one attached hydrogen (secondary N) is 1. The molecule has 2 aromatic heterocycles. The fourth-order valence-corrected chi connectivity index (χ4v) is 3.00. The van der Waals surface area contributed by atoms with E-state index in [9.17, 15) is 4.79 Å². The van der Waals surface area contributed by atoms with Crippen molar-refractivity contribution in [3.05, 3.63) is 35.8 Å². The lowest BCUT2D eigenvalue weighted by Gasteiger charge is -2.32. The van der Waals surface area contributed by atoms with Crippen LogP contribution in [0.1, 0.15) is 24.2 Å². The van der Waals surface area contributed by atoms with Gasteiger partial charge in [-0.3, -0.25) is 9.67 Å². The Hall–Kier alpha value is -2.61. The molecule has 1 aliphatic heterocycles. The van der Waals surface area contributed by atoms with Gasteiger partial charge in [0.1, 0.15) is 5.69 Å². The summed E-state index contributed by atoms with van der Waals surface area (Å²) < 4.78 is 12.9. The van der Waals surface area contributed by atoms with Crippen molar-refractivity contribution in [3.8, 4) is 5.88 Å². The van der Waals surface area contributed by atoms with E-state index >= 15 is 0 Å². The zero-order valence-electron chi connectivity index (χ0n) is 15.4. The number of aromatic nitrogens is 3. The number of carbonyl (C=O) groups excluding carboxylic acids is 1. The maximum absolute atomic E-state index is 12.7. The van der Waals surface area contributed by atoms with Gasteiger partial charge in [0.15, 0.2) is 0 Å². The minimum atomic E-state index is -0.162. The van der Waals surface area contributed by atoms with Crippen LogP contribution in [0.15, 0.2) is 24.4 Å². The molecule has 3 rings (SSSR count). The van der Waals surface area contributed by atoms with Gasteiger partial charge < -0.3 is 19.7 Å². The summed E-state index contributed by atoms with van der Waals surface area (Å²) in [7, 11) is 3.36. The second-order valence-corrected chi connectivity index (χ2v) is 6.37. The lowest BCUT2D eigenvalue weighted by Crippen LogP contribution is -2.45. The van der Waals surface area contributed by atoms with Gasteiger partial charge in [0.2, 0.25) is 0 Å². The average molecular weight is 359 g/mol. The van der Waals surface area contributed by atoms with Gasteiger partial charge in [0, 0.05) is 26.3 Å². The molecule has 1 saturated heterocycles. The fourth-order valence-electron chi connectivity index (χ4n) is 3.00. The maximum Gasteiger partial charge on any atom is 0.322 e. The van der Waals surface area contributed by atoms with E-state index < -0.39 is 0 Å². The minimum absolute atomic E-state index is 0.00777. The summed E-state index contributed by atoms with van der Waals surface area (Å²) in [5, 5.41) is 7.16. The summed E-state index contributed by atoms with van der Waals surface area (Å²) >= 11 is 0. The third-order valence-corrected chi connectivity index (χ3v) is 4.59. The fraction of sp³-hybridized carbons (Fsp3) is 0.500. The van der Waals surface area contributed by atoms with E-state index in [2.05, 4.69) is 15.4 Å². The zero-order chi connectivity index (χ0) is 18.5. The Morgan fingerprint density at radius 2 is 2.27 bits per heavy atom. The van der Waals surface area contributed by atoms with Crippen LogP contribution in [0, 0.1) is 6.92 Å². The van der Waals surface area contributed by atoms with Crippen molar-refractivity contribution in [1.82, 2.24) is 19.7 Å². The number of hydrogen-bond donors (Lipinski definition) is 1. The van der Waals surface area contributed by atoms with Crippen molar-refractivity contribution in [1.29, 1.82) is 0 Å². The Morgan fingerprint density at radius 1 is 1.42 bits per heavy atom. The van der Waals surface area contributed by atoms with Crippen LogP contribution in [0.2, 0.25) is 0 Å². The first-order chi connectivity index (χ1) is 12.6. The number of amides is 2. The van der Waals surface area contributed by atoms with Crippen LogP contribution in [0.4, 0.5) is 10.5 Å². The van der Waals surface area contributed by atoms with Crippen LogP contribution in [-0.2, 0) is 18.4 Å². The van der Waals surface area contributed by atoms with Crippen molar-refractivity contribution < 1.29 is 14.3 Å². The van der Waals surface area contributed by atoms with Crippen LogP contribution in [0.3, 0.4) is 0 Å². The molecule has 140 valence electrons. The second kappa shape index (κ2) is 8.18. The number of ether oxygens (including phenoxy) is 2. The highest BCUT2D eigenvalue weighted by molar-refractivity contribution is 5.91. The van der Waals surface area contributed by atoms with Crippen LogP contribution in [0.5, 0.6) is 5.88 Å². The summed E-state index contributed by atoms with van der Waals surface area (Å²) in [4.78, 5) is 18.7. The van der Waals surface area contributed by atoms with Crippen molar-refractivity contribution >= 4 is 11.7 Å². The molecule has 1 N–H and O–H groups in total. The van der Waals surface area contributed by atoms with Crippen LogP contribution in [-0.4, -0.2) is 52.0 Å². The standard InChI is InChI=1S/C18H25N5O3/c1-13-16(17(25-3)21-22(13)2)20-18(24)23-10-6-8-15(11-23)26-12-14-7-4-5-9-19-14/h4-5,7,9,15H,6,8,10-12H2,1-3H3,(H,20,24)/t15-/m1/s1. The number of piperidine rings is 1. The van der Waals surface area contributed by atoms with Gasteiger partial charge in [-0.25, -0.2) is 4.79 Å². The first kappa shape index (κ1) is 18.2. The number of anilines is 1. The molecule has 0 aromatic carbocycles. The number of likely N-dealkylation sites (tertiary alicyclic amines) is 1. The highest BCUT2D eigenvalue weighted by Gasteiger charge is 2.26. The van der Waals surface area contributed by atoms with E-state index in [-0.39, 0.29) is 12.1 Å². The topological polar surface area (TPSA) is 81.5 Å². The van der Waals surface area contributed by atoms with E-state index in [0.717, 1.165) is 24.2 Å². The number of carbonyl (C=O) groups is 1. The molecule has 26 heavy (non-hydrogen) atoms. The van der Waals surface area contributed by atoms with E-state index in [1.54, 1.807) is 22.9 Å². The monoisotopic (exact) mass is 359 g/mol. The first-order valence-electron chi connectivity index (χ1n) is 8.73. The van der Waals surface area contributed by atoms with Crippen molar-refractivity contribution in [2.24, 2.45) is 7.05 Å². The molecule has 0 saturated carbocycles. The first-order valence-corrected chi connectivity index (χ1v) is 8.73. The number of rotatable bonds is 5. The van der Waals surface area contributed by atoms with E-state index in [4.69, 9.17) is 9.47 Å². The smallest absolute Gasteiger partial charge is 0.322 e. The van der Waals surface area contributed by atoms with Gasteiger partial charge >= 0.3 is 6.03 Å². The van der Waals surface area contributed by atoms with E-state index in [1.807, 2.05) is 32.2 Å². The van der Waals surface area contributed by atoms with Gasteiger partial charge in [-0.1, -0.05) is 6.07 Å². The molecule has 1 aliphatic rings. The molecular formula is C18H25N5O3. The Kier molecular flexibility index (Phi) is 5.72. The average Bonchev–Trinajstić information content (AvgIpc) is 2.95. The third kappa shape index (κ3) is 4.13. The highest BCUT2D eigenvalue weighted by Crippen LogP contribution is 2.27. The number of hydrogen-bond acceptors (Lipinski definition) is 5. The summed E-state index contributed by atoms with van der Waals surface area (Å²) in [5.41, 5.74) is 2.34. The number of methoxy groups -OCH3 is 1. The van der Waals surface area contributed by atoms with E-state index in [0.29, 0.717) is 31.3 Å². The largest absolute Gasteiger partial charge is 0.478 e. The Balaban J connectivity index is 1.58. The summed E-state index contributed by atoms with van der Waals surface area (Å²) in [5.74, 6) is 0.415. The molecule has 8 heteroatoms. The van der Waals surface area contributed by atoms with Gasteiger partial charge in [-0.05, 0) is 31.9 Å². The molecule has 0 aliphatic carbocycles. The Bertz CT molecular complexity index is 747. The van der Waals surface area contributed by atoms with Crippen LogP contribution < -0.4 is 10.1 Å². The Morgan fingerprint density at radius 3 is 3.00 bits per heavy atom. The van der Waals surface area contributed by atoms with Crippen molar-refractivity contribution in [2.45, 2.75) is 32.5 Å². The summed E-state index contributed by atoms with van der Waals surface area (Å²) in [6.07, 6.45) is 3.60. The van der Waals surface area contributed by atoms with Crippen LogP contribution in [0.25, 0.3) is 0 Å². The predicted molar refractivity (Wildman–Crippen MR) is 97.1 cm³/mol.